The van der Waals surface area contributed by atoms with E-state index in [0.717, 1.165) is 23.2 Å². The van der Waals surface area contributed by atoms with E-state index in [0.29, 0.717) is 35.7 Å². The van der Waals surface area contributed by atoms with Gasteiger partial charge in [0.05, 0.1) is 5.56 Å². The summed E-state index contributed by atoms with van der Waals surface area (Å²) in [5.41, 5.74) is 3.75. The quantitative estimate of drug-likeness (QED) is 0.586. The van der Waals surface area contributed by atoms with E-state index in [9.17, 15) is 9.59 Å². The van der Waals surface area contributed by atoms with E-state index in [1.54, 1.807) is 0 Å². The molecule has 158 valence electrons. The molecule has 2 aliphatic rings. The number of Topliss-reactive ketones (excluding diaryl/α,β-unsaturated/α-hetero) is 1. The van der Waals surface area contributed by atoms with Crippen LogP contribution in [0.2, 0.25) is 0 Å². The van der Waals surface area contributed by atoms with Crippen LogP contribution >= 0.6 is 0 Å². The standard InChI is InChI=1S/C25H25N3O3/c1-25(2)12-18-21(19(29)13-25)20(22-23(26-18)27-28-24(22)30)16-9-6-10-17(11-16)31-14-15-7-4-3-5-8-15/h3-11,20H,12-14H2,1-2H3,(H3,26,27,28,30)/t20-/m1/s1. The summed E-state index contributed by atoms with van der Waals surface area (Å²) in [6.07, 6.45) is 1.22. The number of rotatable bonds is 4. The first-order chi connectivity index (χ1) is 14.9. The molecule has 0 bridgehead atoms. The molecule has 6 heteroatoms. The van der Waals surface area contributed by atoms with Crippen molar-refractivity contribution in [2.24, 2.45) is 5.41 Å². The van der Waals surface area contributed by atoms with Crippen LogP contribution in [0.4, 0.5) is 5.82 Å². The van der Waals surface area contributed by atoms with Crippen molar-refractivity contribution in [1.29, 1.82) is 0 Å². The van der Waals surface area contributed by atoms with Crippen LogP contribution in [-0.4, -0.2) is 16.0 Å². The molecule has 0 saturated carbocycles. The van der Waals surface area contributed by atoms with Gasteiger partial charge in [-0.1, -0.05) is 56.3 Å². The van der Waals surface area contributed by atoms with Crippen molar-refractivity contribution in [2.45, 2.75) is 39.2 Å². The van der Waals surface area contributed by atoms with E-state index in [2.05, 4.69) is 29.4 Å². The molecule has 1 aromatic heterocycles. The predicted octanol–water partition coefficient (Wildman–Crippen LogP) is 4.48. The molecule has 0 unspecified atom stereocenters. The van der Waals surface area contributed by atoms with Gasteiger partial charge in [0.2, 0.25) is 0 Å². The SMILES string of the molecule is CC1(C)CC(=O)C2=C(C1)Nc1[nH][nH]c(=O)c1[C@@H]2c1cccc(OCc2ccccc2)c1. The van der Waals surface area contributed by atoms with Gasteiger partial charge in [0.1, 0.15) is 18.2 Å². The van der Waals surface area contributed by atoms with Crippen molar-refractivity contribution >= 4 is 11.6 Å². The maximum atomic E-state index is 13.2. The number of carbonyl (C=O) groups is 1. The summed E-state index contributed by atoms with van der Waals surface area (Å²) in [6.45, 7) is 4.64. The zero-order valence-electron chi connectivity index (χ0n) is 17.6. The number of ketones is 1. The number of hydrogen-bond acceptors (Lipinski definition) is 4. The van der Waals surface area contributed by atoms with Gasteiger partial charge < -0.3 is 10.1 Å². The van der Waals surface area contributed by atoms with Crippen molar-refractivity contribution in [3.05, 3.63) is 92.9 Å². The molecule has 0 spiro atoms. The summed E-state index contributed by atoms with van der Waals surface area (Å²) in [6, 6.07) is 17.7. The molecule has 3 N–H and O–H groups in total. The first kappa shape index (κ1) is 19.4. The van der Waals surface area contributed by atoms with E-state index >= 15 is 0 Å². The number of anilines is 1. The Morgan fingerprint density at radius 3 is 2.61 bits per heavy atom. The Hall–Kier alpha value is -3.54. The van der Waals surface area contributed by atoms with Gasteiger partial charge in [-0.25, -0.2) is 0 Å². The largest absolute Gasteiger partial charge is 0.489 e. The van der Waals surface area contributed by atoms with E-state index in [-0.39, 0.29) is 16.8 Å². The molecule has 1 aliphatic heterocycles. The van der Waals surface area contributed by atoms with Crippen LogP contribution in [0.3, 0.4) is 0 Å². The number of H-pyrrole nitrogens is 2. The third-order valence-electron chi connectivity index (χ3n) is 6.03. The van der Waals surface area contributed by atoms with Crippen LogP contribution in [-0.2, 0) is 11.4 Å². The second-order valence-electron chi connectivity index (χ2n) is 9.11. The highest BCUT2D eigenvalue weighted by molar-refractivity contribution is 6.01. The Labute approximate surface area is 180 Å². The lowest BCUT2D eigenvalue weighted by Gasteiger charge is -2.37. The van der Waals surface area contributed by atoms with E-state index in [1.165, 1.54) is 0 Å². The van der Waals surface area contributed by atoms with Crippen molar-refractivity contribution in [3.63, 3.8) is 0 Å². The average molecular weight is 415 g/mol. The zero-order chi connectivity index (χ0) is 21.6. The summed E-state index contributed by atoms with van der Waals surface area (Å²) in [5.74, 6) is 1.00. The molecule has 2 heterocycles. The number of aromatic amines is 2. The molecule has 1 aliphatic carbocycles. The van der Waals surface area contributed by atoms with Crippen molar-refractivity contribution in [3.8, 4) is 5.75 Å². The van der Waals surface area contributed by atoms with Crippen LogP contribution < -0.4 is 15.6 Å². The highest BCUT2D eigenvalue weighted by atomic mass is 16.5. The number of ether oxygens (including phenoxy) is 1. The van der Waals surface area contributed by atoms with Gasteiger partial charge in [0.15, 0.2) is 5.78 Å². The van der Waals surface area contributed by atoms with Gasteiger partial charge in [-0.2, -0.15) is 0 Å². The van der Waals surface area contributed by atoms with Gasteiger partial charge in [0.25, 0.3) is 5.56 Å². The van der Waals surface area contributed by atoms with Gasteiger partial charge in [0, 0.05) is 23.6 Å². The summed E-state index contributed by atoms with van der Waals surface area (Å²) >= 11 is 0. The average Bonchev–Trinajstić information content (AvgIpc) is 3.11. The van der Waals surface area contributed by atoms with Crippen LogP contribution in [0.5, 0.6) is 5.75 Å². The van der Waals surface area contributed by atoms with Crippen LogP contribution in [0.1, 0.15) is 49.3 Å². The lowest BCUT2D eigenvalue weighted by atomic mass is 9.69. The fourth-order valence-corrected chi connectivity index (χ4v) is 4.68. The molecule has 0 fully saturated rings. The number of aromatic nitrogens is 2. The number of carbonyl (C=O) groups excluding carboxylic acids is 1. The zero-order valence-corrected chi connectivity index (χ0v) is 17.6. The summed E-state index contributed by atoms with van der Waals surface area (Å²) in [4.78, 5) is 25.9. The first-order valence-electron chi connectivity index (χ1n) is 10.5. The molecule has 2 aromatic carbocycles. The number of benzene rings is 2. The molecule has 6 nitrogen and oxygen atoms in total. The monoisotopic (exact) mass is 415 g/mol. The maximum Gasteiger partial charge on any atom is 0.270 e. The highest BCUT2D eigenvalue weighted by Gasteiger charge is 2.42. The predicted molar refractivity (Wildman–Crippen MR) is 119 cm³/mol. The van der Waals surface area contributed by atoms with E-state index in [4.69, 9.17) is 4.74 Å². The normalized spacial score (nSPS) is 19.4. The van der Waals surface area contributed by atoms with Crippen molar-refractivity contribution < 1.29 is 9.53 Å². The fraction of sp³-hybridized carbons (Fsp3) is 0.280. The van der Waals surface area contributed by atoms with Gasteiger partial charge in [-0.15, -0.1) is 0 Å². The minimum Gasteiger partial charge on any atom is -0.489 e. The molecule has 1 atom stereocenters. The molecular weight excluding hydrogens is 390 g/mol. The van der Waals surface area contributed by atoms with Crippen LogP contribution in [0.25, 0.3) is 0 Å². The number of hydrogen-bond donors (Lipinski definition) is 3. The Morgan fingerprint density at radius 2 is 1.81 bits per heavy atom. The third-order valence-corrected chi connectivity index (χ3v) is 6.03. The summed E-state index contributed by atoms with van der Waals surface area (Å²) < 4.78 is 6.01. The molecule has 0 radical (unpaired) electrons. The van der Waals surface area contributed by atoms with Crippen molar-refractivity contribution in [1.82, 2.24) is 10.2 Å². The summed E-state index contributed by atoms with van der Waals surface area (Å²) in [5, 5.41) is 8.92. The molecule has 5 rings (SSSR count). The van der Waals surface area contributed by atoms with Crippen molar-refractivity contribution in [2.75, 3.05) is 5.32 Å². The lowest BCUT2D eigenvalue weighted by molar-refractivity contribution is -0.118. The molecule has 3 aromatic rings. The van der Waals surface area contributed by atoms with Crippen LogP contribution in [0, 0.1) is 5.41 Å². The number of nitrogens with one attached hydrogen (secondary N) is 3. The maximum absolute atomic E-state index is 13.2. The number of allylic oxidation sites excluding steroid dienone is 2. The molecule has 31 heavy (non-hydrogen) atoms. The van der Waals surface area contributed by atoms with Gasteiger partial charge >= 0.3 is 0 Å². The Morgan fingerprint density at radius 1 is 1.00 bits per heavy atom. The topological polar surface area (TPSA) is 87.0 Å². The summed E-state index contributed by atoms with van der Waals surface area (Å²) in [7, 11) is 0. The van der Waals surface area contributed by atoms with Gasteiger partial charge in [-0.05, 0) is 35.1 Å². The fourth-order valence-electron chi connectivity index (χ4n) is 4.68. The Balaban J connectivity index is 1.55. The third kappa shape index (κ3) is 3.58. The smallest absolute Gasteiger partial charge is 0.270 e. The molecule has 0 saturated heterocycles. The Kier molecular flexibility index (Phi) is 4.58. The minimum absolute atomic E-state index is 0.0885. The van der Waals surface area contributed by atoms with E-state index in [1.807, 2.05) is 54.6 Å². The van der Waals surface area contributed by atoms with Gasteiger partial charge in [-0.3, -0.25) is 19.8 Å². The Bertz CT molecular complexity index is 1230. The highest BCUT2D eigenvalue weighted by Crippen LogP contribution is 2.47. The molecule has 0 amide bonds. The lowest BCUT2D eigenvalue weighted by Crippen LogP contribution is -2.35. The second-order valence-corrected chi connectivity index (χ2v) is 9.11. The van der Waals surface area contributed by atoms with E-state index < -0.39 is 5.92 Å². The second kappa shape index (κ2) is 7.30. The van der Waals surface area contributed by atoms with Crippen LogP contribution in [0.15, 0.2) is 70.7 Å². The minimum atomic E-state index is -0.426. The molecular formula is C25H25N3O3. The number of fused-ring (bicyclic) bond motifs is 1. The first-order valence-corrected chi connectivity index (χ1v) is 10.5.